The summed E-state index contributed by atoms with van der Waals surface area (Å²) in [6.45, 7) is 6.41. The van der Waals surface area contributed by atoms with Crippen molar-refractivity contribution in [2.75, 3.05) is 6.61 Å². The van der Waals surface area contributed by atoms with Gasteiger partial charge in [-0.25, -0.2) is 0 Å². The van der Waals surface area contributed by atoms with Crippen LogP contribution in [0.25, 0.3) is 0 Å². The standard InChI is InChI=1S/C24H29ClO3/c1-4-27-22-10-6-18(7-11-22)14-21-15-20(9-12-23(21)25)24-19(13-16(2)26)8-5-17(3)28-24/h6-7,9-12,15,17,19,24H,4-5,8,13-14H2,1-3H3. The summed E-state index contributed by atoms with van der Waals surface area (Å²) in [5, 5.41) is 0.754. The van der Waals surface area contributed by atoms with E-state index >= 15 is 0 Å². The van der Waals surface area contributed by atoms with Crippen LogP contribution < -0.4 is 4.74 Å². The van der Waals surface area contributed by atoms with Crippen molar-refractivity contribution in [1.82, 2.24) is 0 Å². The highest BCUT2D eigenvalue weighted by atomic mass is 35.5. The van der Waals surface area contributed by atoms with E-state index in [1.165, 1.54) is 5.56 Å². The second kappa shape index (κ2) is 9.58. The fraction of sp³-hybridized carbons (Fsp3) is 0.458. The summed E-state index contributed by atoms with van der Waals surface area (Å²) in [6.07, 6.45) is 3.48. The Kier molecular flexibility index (Phi) is 7.14. The third kappa shape index (κ3) is 5.36. The van der Waals surface area contributed by atoms with Gasteiger partial charge in [0.05, 0.1) is 18.8 Å². The van der Waals surface area contributed by atoms with Crippen LogP contribution >= 0.6 is 11.6 Å². The molecule has 150 valence electrons. The van der Waals surface area contributed by atoms with E-state index in [1.54, 1.807) is 6.92 Å². The van der Waals surface area contributed by atoms with Crippen molar-refractivity contribution in [2.24, 2.45) is 5.92 Å². The molecule has 3 nitrogen and oxygen atoms in total. The van der Waals surface area contributed by atoms with Gasteiger partial charge in [0, 0.05) is 11.4 Å². The first kappa shape index (κ1) is 20.9. The van der Waals surface area contributed by atoms with Crippen LogP contribution in [0.1, 0.15) is 62.8 Å². The van der Waals surface area contributed by atoms with Crippen LogP contribution in [-0.4, -0.2) is 18.5 Å². The van der Waals surface area contributed by atoms with Gasteiger partial charge in [0.25, 0.3) is 0 Å². The molecule has 0 amide bonds. The molecule has 1 fully saturated rings. The second-order valence-electron chi connectivity index (χ2n) is 7.72. The minimum absolute atomic E-state index is 0.0519. The van der Waals surface area contributed by atoms with Gasteiger partial charge in [-0.2, -0.15) is 0 Å². The molecule has 1 aliphatic rings. The molecule has 1 saturated heterocycles. The number of ether oxygens (including phenoxy) is 2. The van der Waals surface area contributed by atoms with E-state index in [2.05, 4.69) is 25.1 Å². The summed E-state index contributed by atoms with van der Waals surface area (Å²) in [4.78, 5) is 11.7. The van der Waals surface area contributed by atoms with E-state index in [0.717, 1.165) is 41.2 Å². The zero-order chi connectivity index (χ0) is 20.1. The van der Waals surface area contributed by atoms with E-state index in [0.29, 0.717) is 13.0 Å². The first-order valence-corrected chi connectivity index (χ1v) is 10.5. The van der Waals surface area contributed by atoms with E-state index < -0.39 is 0 Å². The maximum absolute atomic E-state index is 11.7. The minimum atomic E-state index is -0.0519. The Morgan fingerprint density at radius 2 is 1.93 bits per heavy atom. The number of ketones is 1. The lowest BCUT2D eigenvalue weighted by Gasteiger charge is -2.35. The van der Waals surface area contributed by atoms with Crippen molar-refractivity contribution in [3.63, 3.8) is 0 Å². The highest BCUT2D eigenvalue weighted by Gasteiger charge is 2.31. The highest BCUT2D eigenvalue weighted by Crippen LogP contribution is 2.39. The molecule has 0 bridgehead atoms. The molecule has 0 N–H and O–H groups in total. The number of rotatable bonds is 7. The Hall–Kier alpha value is -1.84. The molecule has 3 unspecified atom stereocenters. The number of benzene rings is 2. The van der Waals surface area contributed by atoms with Crippen molar-refractivity contribution >= 4 is 17.4 Å². The first-order valence-electron chi connectivity index (χ1n) is 10.1. The van der Waals surface area contributed by atoms with Crippen molar-refractivity contribution < 1.29 is 14.3 Å². The van der Waals surface area contributed by atoms with Crippen LogP contribution in [0.15, 0.2) is 42.5 Å². The third-order valence-electron chi connectivity index (χ3n) is 5.33. The molecule has 4 heteroatoms. The van der Waals surface area contributed by atoms with Crippen molar-refractivity contribution in [3.8, 4) is 5.75 Å². The van der Waals surface area contributed by atoms with Gasteiger partial charge in [-0.1, -0.05) is 35.9 Å². The maximum atomic E-state index is 11.7. The van der Waals surface area contributed by atoms with Crippen LogP contribution in [0.2, 0.25) is 5.02 Å². The molecule has 2 aromatic rings. The number of halogens is 1. The van der Waals surface area contributed by atoms with Crippen molar-refractivity contribution in [1.29, 1.82) is 0 Å². The molecular formula is C24H29ClO3. The molecule has 2 aromatic carbocycles. The molecule has 0 spiro atoms. The van der Waals surface area contributed by atoms with Crippen LogP contribution in [0, 0.1) is 5.92 Å². The van der Waals surface area contributed by atoms with Crippen molar-refractivity contribution in [2.45, 2.75) is 58.7 Å². The monoisotopic (exact) mass is 400 g/mol. The maximum Gasteiger partial charge on any atom is 0.130 e. The van der Waals surface area contributed by atoms with Crippen LogP contribution in [0.4, 0.5) is 0 Å². The van der Waals surface area contributed by atoms with Gasteiger partial charge < -0.3 is 14.3 Å². The summed E-state index contributed by atoms with van der Waals surface area (Å²) in [6, 6.07) is 14.3. The smallest absolute Gasteiger partial charge is 0.130 e. The SMILES string of the molecule is CCOc1ccc(Cc2cc(C3OC(C)CCC3CC(C)=O)ccc2Cl)cc1. The average molecular weight is 401 g/mol. The lowest BCUT2D eigenvalue weighted by Crippen LogP contribution is -2.29. The topological polar surface area (TPSA) is 35.5 Å². The Labute approximate surface area is 173 Å². The quantitative estimate of drug-likeness (QED) is 0.557. The molecule has 0 aliphatic carbocycles. The number of hydrogen-bond acceptors (Lipinski definition) is 3. The Morgan fingerprint density at radius 1 is 1.18 bits per heavy atom. The zero-order valence-electron chi connectivity index (χ0n) is 16.9. The van der Waals surface area contributed by atoms with Gasteiger partial charge in [-0.3, -0.25) is 0 Å². The zero-order valence-corrected chi connectivity index (χ0v) is 17.7. The predicted molar refractivity (Wildman–Crippen MR) is 113 cm³/mol. The average Bonchev–Trinajstić information content (AvgIpc) is 2.66. The summed E-state index contributed by atoms with van der Waals surface area (Å²) in [5.74, 6) is 1.33. The van der Waals surface area contributed by atoms with Gasteiger partial charge in [0.2, 0.25) is 0 Å². The van der Waals surface area contributed by atoms with Gasteiger partial charge in [0.1, 0.15) is 11.5 Å². The first-order chi connectivity index (χ1) is 13.5. The normalized spacial score (nSPS) is 22.1. The summed E-state index contributed by atoms with van der Waals surface area (Å²) in [5.41, 5.74) is 3.37. The number of Topliss-reactive ketones (excluding diaryl/α,β-unsaturated/α-hetero) is 1. The van der Waals surface area contributed by atoms with Gasteiger partial charge in [0.15, 0.2) is 0 Å². The third-order valence-corrected chi connectivity index (χ3v) is 5.70. The predicted octanol–water partition coefficient (Wildman–Crippen LogP) is 6.16. The molecular weight excluding hydrogens is 372 g/mol. The highest BCUT2D eigenvalue weighted by molar-refractivity contribution is 6.31. The number of hydrogen-bond donors (Lipinski definition) is 0. The van der Waals surface area contributed by atoms with Crippen molar-refractivity contribution in [3.05, 3.63) is 64.2 Å². The van der Waals surface area contributed by atoms with E-state index in [1.807, 2.05) is 31.2 Å². The van der Waals surface area contributed by atoms with Crippen LogP contribution in [-0.2, 0) is 16.0 Å². The van der Waals surface area contributed by atoms with Gasteiger partial charge in [-0.15, -0.1) is 0 Å². The number of carbonyl (C=O) groups excluding carboxylic acids is 1. The second-order valence-corrected chi connectivity index (χ2v) is 8.12. The molecule has 28 heavy (non-hydrogen) atoms. The summed E-state index contributed by atoms with van der Waals surface area (Å²) >= 11 is 6.50. The number of carbonyl (C=O) groups is 1. The molecule has 1 heterocycles. The Bertz CT molecular complexity index is 800. The lowest BCUT2D eigenvalue weighted by atomic mass is 9.84. The Morgan fingerprint density at radius 3 is 2.61 bits per heavy atom. The van der Waals surface area contributed by atoms with Crippen LogP contribution in [0.3, 0.4) is 0 Å². The van der Waals surface area contributed by atoms with E-state index in [4.69, 9.17) is 21.1 Å². The van der Waals surface area contributed by atoms with E-state index in [9.17, 15) is 4.79 Å². The fourth-order valence-corrected chi connectivity index (χ4v) is 4.14. The minimum Gasteiger partial charge on any atom is -0.494 e. The molecule has 0 aromatic heterocycles. The Balaban J connectivity index is 1.82. The summed E-state index contributed by atoms with van der Waals surface area (Å²) < 4.78 is 11.8. The largest absolute Gasteiger partial charge is 0.494 e. The van der Waals surface area contributed by atoms with Gasteiger partial charge >= 0.3 is 0 Å². The lowest BCUT2D eigenvalue weighted by molar-refractivity contribution is -0.123. The molecule has 0 saturated carbocycles. The molecule has 3 rings (SSSR count). The van der Waals surface area contributed by atoms with Crippen LogP contribution in [0.5, 0.6) is 5.75 Å². The molecule has 0 radical (unpaired) electrons. The van der Waals surface area contributed by atoms with Gasteiger partial charge in [-0.05, 0) is 80.8 Å². The van der Waals surface area contributed by atoms with E-state index in [-0.39, 0.29) is 23.9 Å². The molecule has 1 aliphatic heterocycles. The summed E-state index contributed by atoms with van der Waals surface area (Å²) in [7, 11) is 0. The molecule has 3 atom stereocenters. The fourth-order valence-electron chi connectivity index (χ4n) is 3.96.